The summed E-state index contributed by atoms with van der Waals surface area (Å²) in [6.07, 6.45) is -0.951. The highest BCUT2D eigenvalue weighted by Gasteiger charge is 2.60. The van der Waals surface area contributed by atoms with Crippen molar-refractivity contribution >= 4 is 39.1 Å². The minimum Gasteiger partial charge on any atom is -0.496 e. The first-order valence-corrected chi connectivity index (χ1v) is 11.8. The van der Waals surface area contributed by atoms with Gasteiger partial charge in [0.05, 0.1) is 35.6 Å². The summed E-state index contributed by atoms with van der Waals surface area (Å²) in [5.41, 5.74) is 2.01. The molecule has 3 aromatic carbocycles. The van der Waals surface area contributed by atoms with E-state index in [9.17, 15) is 9.59 Å². The van der Waals surface area contributed by atoms with Gasteiger partial charge >= 0.3 is 0 Å². The van der Waals surface area contributed by atoms with Crippen molar-refractivity contribution in [2.75, 3.05) is 23.7 Å². The largest absolute Gasteiger partial charge is 0.496 e. The number of hydrogen-bond acceptors (Lipinski definition) is 6. The first-order chi connectivity index (χ1) is 16.5. The number of methoxy groups -OCH3 is 1. The van der Waals surface area contributed by atoms with Gasteiger partial charge in [-0.2, -0.15) is 0 Å². The summed E-state index contributed by atoms with van der Waals surface area (Å²) in [7, 11) is 1.59. The molecule has 5 rings (SSSR count). The number of rotatable bonds is 6. The van der Waals surface area contributed by atoms with Crippen LogP contribution < -0.4 is 19.4 Å². The number of benzene rings is 3. The summed E-state index contributed by atoms with van der Waals surface area (Å²) in [5.74, 6) is -0.305. The van der Waals surface area contributed by atoms with Gasteiger partial charge in [-0.05, 0) is 64.8 Å². The molecule has 0 bridgehead atoms. The van der Waals surface area contributed by atoms with E-state index in [1.54, 1.807) is 30.4 Å². The van der Waals surface area contributed by atoms with Gasteiger partial charge < -0.3 is 9.47 Å². The van der Waals surface area contributed by atoms with E-state index in [-0.39, 0.29) is 5.91 Å². The van der Waals surface area contributed by atoms with Crippen molar-refractivity contribution in [2.45, 2.75) is 19.1 Å². The third-order valence-corrected chi connectivity index (χ3v) is 6.67. The lowest BCUT2D eigenvalue weighted by Gasteiger charge is -2.29. The first kappa shape index (κ1) is 22.4. The van der Waals surface area contributed by atoms with Crippen LogP contribution in [0.15, 0.2) is 77.3 Å². The Bertz CT molecular complexity index is 1230. The molecule has 0 spiro atoms. The van der Waals surface area contributed by atoms with Crippen molar-refractivity contribution in [2.24, 2.45) is 5.92 Å². The Balaban J connectivity index is 1.59. The number of hydrogen-bond donors (Lipinski definition) is 0. The predicted octanol–water partition coefficient (Wildman–Crippen LogP) is 4.91. The fourth-order valence-corrected chi connectivity index (χ4v) is 5.13. The highest BCUT2D eigenvalue weighted by Crippen LogP contribution is 2.49. The molecule has 2 aliphatic rings. The molecule has 3 atom stereocenters. The zero-order chi connectivity index (χ0) is 23.8. The maximum Gasteiger partial charge on any atom is 0.266 e. The number of anilines is 2. The van der Waals surface area contributed by atoms with Crippen molar-refractivity contribution in [1.82, 2.24) is 0 Å². The van der Waals surface area contributed by atoms with Gasteiger partial charge in [0, 0.05) is 0 Å². The van der Waals surface area contributed by atoms with Crippen LogP contribution in [0.3, 0.4) is 0 Å². The molecular formula is C26H23BrN2O5. The molecule has 2 fully saturated rings. The molecule has 2 saturated heterocycles. The van der Waals surface area contributed by atoms with Gasteiger partial charge in [-0.3, -0.25) is 14.4 Å². The van der Waals surface area contributed by atoms with E-state index < -0.39 is 24.0 Å². The van der Waals surface area contributed by atoms with Crippen LogP contribution in [0.2, 0.25) is 0 Å². The van der Waals surface area contributed by atoms with E-state index in [1.165, 1.54) is 4.90 Å². The second-order valence-electron chi connectivity index (χ2n) is 7.96. The van der Waals surface area contributed by atoms with Crippen molar-refractivity contribution in [3.8, 4) is 11.5 Å². The zero-order valence-corrected chi connectivity index (χ0v) is 20.3. The standard InChI is InChI=1S/C26H23BrN2O5/c1-3-33-21-12-8-7-11-19(21)28-25(30)22-23(16-13-14-20(32-2)18(27)15-16)29(34-24(22)26(28)31)17-9-5-4-6-10-17/h4-15,22-24H,3H2,1-2H3/t22-,23+,24-/m0/s1. The Kier molecular flexibility index (Phi) is 6.02. The molecule has 0 saturated carbocycles. The fourth-order valence-electron chi connectivity index (χ4n) is 4.58. The Morgan fingerprint density at radius 3 is 2.38 bits per heavy atom. The van der Waals surface area contributed by atoms with Gasteiger partial charge in [-0.25, -0.2) is 9.96 Å². The number of carbonyl (C=O) groups excluding carboxylic acids is 2. The van der Waals surface area contributed by atoms with Crippen molar-refractivity contribution in [3.05, 3.63) is 82.8 Å². The highest BCUT2D eigenvalue weighted by molar-refractivity contribution is 9.10. The van der Waals surface area contributed by atoms with Crippen LogP contribution in [-0.4, -0.2) is 31.6 Å². The summed E-state index contributed by atoms with van der Waals surface area (Å²) in [6, 6.07) is 21.6. The van der Waals surface area contributed by atoms with Gasteiger partial charge in [-0.15, -0.1) is 0 Å². The van der Waals surface area contributed by atoms with E-state index in [0.29, 0.717) is 23.8 Å². The lowest BCUT2D eigenvalue weighted by molar-refractivity contribution is -0.126. The summed E-state index contributed by atoms with van der Waals surface area (Å²) >= 11 is 3.54. The number of carbonyl (C=O) groups is 2. The maximum atomic E-state index is 13.8. The average Bonchev–Trinajstić information content (AvgIpc) is 3.36. The molecule has 34 heavy (non-hydrogen) atoms. The molecular weight excluding hydrogens is 500 g/mol. The van der Waals surface area contributed by atoms with Crippen LogP contribution in [0.1, 0.15) is 18.5 Å². The normalized spacial score (nSPS) is 21.7. The number of ether oxygens (including phenoxy) is 2. The highest BCUT2D eigenvalue weighted by atomic mass is 79.9. The molecule has 0 aromatic heterocycles. The van der Waals surface area contributed by atoms with Gasteiger partial charge in [-0.1, -0.05) is 36.4 Å². The zero-order valence-electron chi connectivity index (χ0n) is 18.7. The molecule has 0 N–H and O–H groups in total. The maximum absolute atomic E-state index is 13.8. The molecule has 7 nitrogen and oxygen atoms in total. The van der Waals surface area contributed by atoms with Crippen molar-refractivity contribution in [3.63, 3.8) is 0 Å². The van der Waals surface area contributed by atoms with Gasteiger partial charge in [0.15, 0.2) is 6.10 Å². The van der Waals surface area contributed by atoms with Crippen LogP contribution in [0, 0.1) is 5.92 Å². The van der Waals surface area contributed by atoms with Gasteiger partial charge in [0.25, 0.3) is 5.91 Å². The molecule has 8 heteroatoms. The molecule has 0 unspecified atom stereocenters. The predicted molar refractivity (Wildman–Crippen MR) is 131 cm³/mol. The van der Waals surface area contributed by atoms with Crippen molar-refractivity contribution < 1.29 is 23.9 Å². The molecule has 2 amide bonds. The summed E-state index contributed by atoms with van der Waals surface area (Å²) in [4.78, 5) is 34.8. The van der Waals surface area contributed by atoms with Crippen LogP contribution in [-0.2, 0) is 14.4 Å². The van der Waals surface area contributed by atoms with Crippen LogP contribution in [0.4, 0.5) is 11.4 Å². The van der Waals surface area contributed by atoms with Crippen LogP contribution >= 0.6 is 15.9 Å². The molecule has 3 aromatic rings. The van der Waals surface area contributed by atoms with Crippen molar-refractivity contribution in [1.29, 1.82) is 0 Å². The first-order valence-electron chi connectivity index (χ1n) is 11.0. The fraction of sp³-hybridized carbons (Fsp3) is 0.231. The molecule has 0 aliphatic carbocycles. The number of amides is 2. The summed E-state index contributed by atoms with van der Waals surface area (Å²) in [5, 5.41) is 1.67. The lowest BCUT2D eigenvalue weighted by atomic mass is 9.90. The summed E-state index contributed by atoms with van der Waals surface area (Å²) < 4.78 is 11.8. The Labute approximate surface area is 205 Å². The number of imide groups is 1. The Morgan fingerprint density at radius 1 is 0.941 bits per heavy atom. The lowest BCUT2D eigenvalue weighted by Crippen LogP contribution is -2.37. The second kappa shape index (κ2) is 9.12. The van der Waals surface area contributed by atoms with E-state index in [0.717, 1.165) is 15.7 Å². The van der Waals surface area contributed by atoms with Crippen LogP contribution in [0.5, 0.6) is 11.5 Å². The molecule has 174 valence electrons. The third kappa shape index (κ3) is 3.63. The van der Waals surface area contributed by atoms with E-state index in [4.69, 9.17) is 14.3 Å². The molecule has 2 aliphatic heterocycles. The number of para-hydroxylation sites is 3. The summed E-state index contributed by atoms with van der Waals surface area (Å²) in [6.45, 7) is 2.28. The number of hydroxylamine groups is 1. The Hall–Kier alpha value is -3.36. The quantitative estimate of drug-likeness (QED) is 0.428. The SMILES string of the molecule is CCOc1ccccc1N1C(=O)[C@@H]2[C@H](ON(c3ccccc3)[C@@H]2c2ccc(OC)c(Br)c2)C1=O. The minimum atomic E-state index is -0.951. The number of fused-ring (bicyclic) bond motifs is 1. The third-order valence-electron chi connectivity index (χ3n) is 6.05. The number of halogens is 1. The number of nitrogens with zero attached hydrogens (tertiary/aromatic N) is 2. The topological polar surface area (TPSA) is 68.3 Å². The molecule has 0 radical (unpaired) electrons. The van der Waals surface area contributed by atoms with Gasteiger partial charge in [0.1, 0.15) is 17.4 Å². The minimum absolute atomic E-state index is 0.322. The van der Waals surface area contributed by atoms with E-state index >= 15 is 0 Å². The Morgan fingerprint density at radius 2 is 1.68 bits per heavy atom. The monoisotopic (exact) mass is 522 g/mol. The second-order valence-corrected chi connectivity index (χ2v) is 8.82. The van der Waals surface area contributed by atoms with E-state index in [1.807, 2.05) is 61.5 Å². The molecule has 2 heterocycles. The van der Waals surface area contributed by atoms with Crippen LogP contribution in [0.25, 0.3) is 0 Å². The average molecular weight is 523 g/mol. The smallest absolute Gasteiger partial charge is 0.266 e. The van der Waals surface area contributed by atoms with E-state index in [2.05, 4.69) is 15.9 Å². The van der Waals surface area contributed by atoms with Gasteiger partial charge in [0.2, 0.25) is 5.91 Å².